The van der Waals surface area contributed by atoms with Crippen molar-refractivity contribution >= 4 is 28.9 Å². The molecule has 2 aliphatic heterocycles. The van der Waals surface area contributed by atoms with E-state index in [2.05, 4.69) is 44.3 Å². The number of carbonyl (C=O) groups excluding carboxylic acids is 1. The van der Waals surface area contributed by atoms with Crippen LogP contribution in [-0.4, -0.2) is 74.2 Å². The van der Waals surface area contributed by atoms with Crippen molar-refractivity contribution in [3.63, 3.8) is 0 Å². The van der Waals surface area contributed by atoms with Crippen LogP contribution in [0.3, 0.4) is 0 Å². The first-order valence-corrected chi connectivity index (χ1v) is 11.4. The molecule has 2 fully saturated rings. The first-order valence-electron chi connectivity index (χ1n) is 11.0. The summed E-state index contributed by atoms with van der Waals surface area (Å²) in [5, 5.41) is 3.84. The highest BCUT2D eigenvalue weighted by molar-refractivity contribution is 6.30. The molecule has 2 aromatic rings. The van der Waals surface area contributed by atoms with Crippen LogP contribution < -0.4 is 10.2 Å². The molecule has 0 bridgehead atoms. The molecule has 0 saturated carbocycles. The second-order valence-corrected chi connectivity index (χ2v) is 8.69. The van der Waals surface area contributed by atoms with Gasteiger partial charge in [-0.3, -0.25) is 14.6 Å². The zero-order chi connectivity index (χ0) is 21.6. The smallest absolute Gasteiger partial charge is 0.241 e. The number of hydrogen-bond acceptors (Lipinski definition) is 5. The van der Waals surface area contributed by atoms with Crippen molar-refractivity contribution in [1.82, 2.24) is 9.80 Å². The number of ether oxygens (including phenoxy) is 1. The molecular formula is C24H31ClN4O2. The zero-order valence-electron chi connectivity index (χ0n) is 18.1. The number of rotatable bonds is 6. The Kier molecular flexibility index (Phi) is 7.45. The van der Waals surface area contributed by atoms with Gasteiger partial charge in [0.25, 0.3) is 0 Å². The van der Waals surface area contributed by atoms with Crippen LogP contribution in [0.15, 0.2) is 48.5 Å². The molecule has 7 heteroatoms. The minimum atomic E-state index is -0.156. The number of nitrogens with zero attached hydrogens (tertiary/aromatic N) is 3. The molecule has 6 nitrogen and oxygen atoms in total. The molecule has 0 radical (unpaired) electrons. The van der Waals surface area contributed by atoms with E-state index in [1.807, 2.05) is 31.2 Å². The van der Waals surface area contributed by atoms with Crippen molar-refractivity contribution in [1.29, 1.82) is 0 Å². The Morgan fingerprint density at radius 2 is 1.61 bits per heavy atom. The maximum atomic E-state index is 12.8. The topological polar surface area (TPSA) is 48.1 Å². The van der Waals surface area contributed by atoms with Crippen LogP contribution in [0.5, 0.6) is 0 Å². The predicted octanol–water partition coefficient (Wildman–Crippen LogP) is 3.32. The standard InChI is InChI=1S/C24H31ClN4O2/c1-19(28-12-10-27(11-13-28)18-20-2-4-21(25)5-3-20)24(30)26-22-6-8-23(9-7-22)29-14-16-31-17-15-29/h2-9,19H,10-18H2,1H3,(H,26,30)/t19-/m1/s1. The van der Waals surface area contributed by atoms with E-state index in [4.69, 9.17) is 16.3 Å². The number of anilines is 2. The van der Waals surface area contributed by atoms with Gasteiger partial charge in [0.1, 0.15) is 0 Å². The fourth-order valence-corrected chi connectivity index (χ4v) is 4.27. The summed E-state index contributed by atoms with van der Waals surface area (Å²) >= 11 is 5.97. The number of benzene rings is 2. The van der Waals surface area contributed by atoms with Crippen LogP contribution in [0, 0.1) is 0 Å². The second-order valence-electron chi connectivity index (χ2n) is 8.25. The summed E-state index contributed by atoms with van der Waals surface area (Å²) < 4.78 is 5.41. The number of hydrogen-bond donors (Lipinski definition) is 1. The maximum Gasteiger partial charge on any atom is 0.241 e. The average molecular weight is 443 g/mol. The van der Waals surface area contributed by atoms with E-state index in [-0.39, 0.29) is 11.9 Å². The fraction of sp³-hybridized carbons (Fsp3) is 0.458. The van der Waals surface area contributed by atoms with Crippen LogP contribution in [0.2, 0.25) is 5.02 Å². The van der Waals surface area contributed by atoms with Gasteiger partial charge in [0.2, 0.25) is 5.91 Å². The molecule has 0 spiro atoms. The molecule has 0 aliphatic carbocycles. The summed E-state index contributed by atoms with van der Waals surface area (Å²) in [5.41, 5.74) is 3.28. The van der Waals surface area contributed by atoms with E-state index in [1.54, 1.807) is 0 Å². The molecule has 1 N–H and O–H groups in total. The lowest BCUT2D eigenvalue weighted by atomic mass is 10.1. The van der Waals surface area contributed by atoms with Gasteiger partial charge in [0.15, 0.2) is 0 Å². The van der Waals surface area contributed by atoms with Crippen LogP contribution in [0.1, 0.15) is 12.5 Å². The van der Waals surface area contributed by atoms with E-state index in [1.165, 1.54) is 11.3 Å². The van der Waals surface area contributed by atoms with Crippen LogP contribution >= 0.6 is 11.6 Å². The number of carbonyl (C=O) groups is 1. The van der Waals surface area contributed by atoms with Gasteiger partial charge < -0.3 is 15.0 Å². The lowest BCUT2D eigenvalue weighted by molar-refractivity contribution is -0.121. The van der Waals surface area contributed by atoms with E-state index < -0.39 is 0 Å². The minimum Gasteiger partial charge on any atom is -0.378 e. The SMILES string of the molecule is C[C@H](C(=O)Nc1ccc(N2CCOCC2)cc1)N1CCN(Cc2ccc(Cl)cc2)CC1. The fourth-order valence-electron chi connectivity index (χ4n) is 4.15. The summed E-state index contributed by atoms with van der Waals surface area (Å²) in [6.07, 6.45) is 0. The lowest BCUT2D eigenvalue weighted by Crippen LogP contribution is -2.52. The van der Waals surface area contributed by atoms with Crippen LogP contribution in [-0.2, 0) is 16.1 Å². The summed E-state index contributed by atoms with van der Waals surface area (Å²) in [7, 11) is 0. The Labute approximate surface area is 189 Å². The van der Waals surface area contributed by atoms with Gasteiger partial charge in [0.05, 0.1) is 19.3 Å². The highest BCUT2D eigenvalue weighted by Crippen LogP contribution is 2.20. The highest BCUT2D eigenvalue weighted by atomic mass is 35.5. The van der Waals surface area contributed by atoms with Gasteiger partial charge in [-0.05, 0) is 48.9 Å². The minimum absolute atomic E-state index is 0.0465. The van der Waals surface area contributed by atoms with E-state index in [9.17, 15) is 4.79 Å². The zero-order valence-corrected chi connectivity index (χ0v) is 18.9. The molecule has 1 amide bonds. The quantitative estimate of drug-likeness (QED) is 0.743. The number of halogens is 1. The molecule has 2 heterocycles. The van der Waals surface area contributed by atoms with Crippen LogP contribution in [0.4, 0.5) is 11.4 Å². The molecule has 166 valence electrons. The van der Waals surface area contributed by atoms with E-state index >= 15 is 0 Å². The molecule has 31 heavy (non-hydrogen) atoms. The molecule has 2 saturated heterocycles. The first-order chi connectivity index (χ1) is 15.1. The Hall–Kier alpha value is -2.12. The molecule has 1 atom stereocenters. The van der Waals surface area contributed by atoms with Gasteiger partial charge in [0, 0.05) is 62.2 Å². The molecular weight excluding hydrogens is 412 g/mol. The number of nitrogens with one attached hydrogen (secondary N) is 1. The Bertz CT molecular complexity index is 845. The van der Waals surface area contributed by atoms with Gasteiger partial charge >= 0.3 is 0 Å². The summed E-state index contributed by atoms with van der Waals surface area (Å²) in [5.74, 6) is 0.0465. The van der Waals surface area contributed by atoms with Crippen molar-refractivity contribution < 1.29 is 9.53 Å². The van der Waals surface area contributed by atoms with Gasteiger partial charge in [-0.2, -0.15) is 0 Å². The summed E-state index contributed by atoms with van der Waals surface area (Å²) in [6, 6.07) is 16.0. The number of piperazine rings is 1. The number of morpholine rings is 1. The van der Waals surface area contributed by atoms with Crippen molar-refractivity contribution in [2.45, 2.75) is 19.5 Å². The molecule has 0 unspecified atom stereocenters. The molecule has 2 aromatic carbocycles. The monoisotopic (exact) mass is 442 g/mol. The van der Waals surface area contributed by atoms with Crippen molar-refractivity contribution in [3.8, 4) is 0 Å². The van der Waals surface area contributed by atoms with Gasteiger partial charge in [-0.25, -0.2) is 0 Å². The van der Waals surface area contributed by atoms with Gasteiger partial charge in [-0.1, -0.05) is 23.7 Å². The largest absolute Gasteiger partial charge is 0.378 e. The van der Waals surface area contributed by atoms with E-state index in [0.717, 1.165) is 69.7 Å². The lowest BCUT2D eigenvalue weighted by Gasteiger charge is -2.37. The molecule has 4 rings (SSSR count). The Morgan fingerprint density at radius 1 is 0.968 bits per heavy atom. The van der Waals surface area contributed by atoms with E-state index in [0.29, 0.717) is 0 Å². The third kappa shape index (κ3) is 5.98. The number of amides is 1. The van der Waals surface area contributed by atoms with Crippen molar-refractivity contribution in [3.05, 3.63) is 59.1 Å². The third-order valence-corrected chi connectivity index (χ3v) is 6.42. The highest BCUT2D eigenvalue weighted by Gasteiger charge is 2.25. The van der Waals surface area contributed by atoms with Gasteiger partial charge in [-0.15, -0.1) is 0 Å². The Balaban J connectivity index is 1.24. The predicted molar refractivity (Wildman–Crippen MR) is 126 cm³/mol. The Morgan fingerprint density at radius 3 is 2.26 bits per heavy atom. The first kappa shape index (κ1) is 22.1. The summed E-state index contributed by atoms with van der Waals surface area (Å²) in [4.78, 5) is 19.8. The van der Waals surface area contributed by atoms with Crippen molar-refractivity contribution in [2.24, 2.45) is 0 Å². The molecule has 0 aromatic heterocycles. The normalized spacial score (nSPS) is 19.2. The molecule has 2 aliphatic rings. The van der Waals surface area contributed by atoms with Crippen LogP contribution in [0.25, 0.3) is 0 Å². The maximum absolute atomic E-state index is 12.8. The average Bonchev–Trinajstić information content (AvgIpc) is 2.82. The third-order valence-electron chi connectivity index (χ3n) is 6.16. The second kappa shape index (κ2) is 10.5. The van der Waals surface area contributed by atoms with Crippen molar-refractivity contribution in [2.75, 3.05) is 62.7 Å². The summed E-state index contributed by atoms with van der Waals surface area (Å²) in [6.45, 7) is 9.94.